The smallest absolute Gasteiger partial charge is 0.134 e. The molecule has 3 heterocycles. The molecule has 0 radical (unpaired) electrons. The Labute approximate surface area is 174 Å². The number of fused-ring (bicyclic) bond motifs is 2. The van der Waals surface area contributed by atoms with Gasteiger partial charge in [0.2, 0.25) is 0 Å². The third-order valence-corrected chi connectivity index (χ3v) is 5.92. The topological polar surface area (TPSA) is 41.7 Å². The lowest BCUT2D eigenvalue weighted by Crippen LogP contribution is -2.47. The molecule has 1 aliphatic heterocycles. The van der Waals surface area contributed by atoms with E-state index in [0.717, 1.165) is 78.0 Å². The Hall–Kier alpha value is -3.12. The van der Waals surface area contributed by atoms with Crippen molar-refractivity contribution in [1.29, 1.82) is 0 Å². The number of ether oxygens (including phenoxy) is 1. The van der Waals surface area contributed by atoms with Gasteiger partial charge in [0.25, 0.3) is 0 Å². The highest BCUT2D eigenvalue weighted by molar-refractivity contribution is 5.92. The molecular formula is C24H24FN3O2. The normalized spacial score (nSPS) is 15.2. The molecule has 0 bridgehead atoms. The van der Waals surface area contributed by atoms with Crippen LogP contribution in [-0.2, 0) is 6.42 Å². The van der Waals surface area contributed by atoms with Gasteiger partial charge in [0.1, 0.15) is 17.1 Å². The van der Waals surface area contributed by atoms with Crippen molar-refractivity contribution in [2.24, 2.45) is 0 Å². The van der Waals surface area contributed by atoms with E-state index in [-0.39, 0.29) is 5.82 Å². The number of aromatic nitrogens is 1. The molecule has 1 fully saturated rings. The van der Waals surface area contributed by atoms with Gasteiger partial charge in [-0.05, 0) is 42.3 Å². The second kappa shape index (κ2) is 7.95. The predicted octanol–water partition coefficient (Wildman–Crippen LogP) is 4.49. The van der Waals surface area contributed by atoms with Gasteiger partial charge in [0, 0.05) is 55.8 Å². The van der Waals surface area contributed by atoms with Crippen LogP contribution in [0.4, 0.5) is 10.1 Å². The third kappa shape index (κ3) is 3.59. The van der Waals surface area contributed by atoms with E-state index in [0.29, 0.717) is 0 Å². The number of benzene rings is 2. The molecule has 1 saturated heterocycles. The van der Waals surface area contributed by atoms with Crippen LogP contribution in [0, 0.1) is 5.82 Å². The van der Waals surface area contributed by atoms with Gasteiger partial charge in [-0.15, -0.1) is 0 Å². The molecule has 2 aromatic heterocycles. The lowest BCUT2D eigenvalue weighted by atomic mass is 10.1. The van der Waals surface area contributed by atoms with Gasteiger partial charge in [-0.25, -0.2) is 4.39 Å². The summed E-state index contributed by atoms with van der Waals surface area (Å²) in [7, 11) is 1.70. The summed E-state index contributed by atoms with van der Waals surface area (Å²) in [5.74, 6) is 0.630. The molecule has 154 valence electrons. The van der Waals surface area contributed by atoms with Crippen molar-refractivity contribution in [3.63, 3.8) is 0 Å². The van der Waals surface area contributed by atoms with E-state index in [9.17, 15) is 4.39 Å². The first-order valence-electron chi connectivity index (χ1n) is 10.3. The van der Waals surface area contributed by atoms with Gasteiger partial charge in [0.05, 0.1) is 24.6 Å². The van der Waals surface area contributed by atoms with Crippen molar-refractivity contribution < 1.29 is 13.5 Å². The third-order valence-electron chi connectivity index (χ3n) is 5.92. The molecule has 0 unspecified atom stereocenters. The van der Waals surface area contributed by atoms with Crippen LogP contribution >= 0.6 is 0 Å². The van der Waals surface area contributed by atoms with Crippen molar-refractivity contribution in [2.75, 3.05) is 44.7 Å². The number of hydrogen-bond donors (Lipinski definition) is 0. The van der Waals surface area contributed by atoms with Crippen molar-refractivity contribution >= 4 is 27.6 Å². The highest BCUT2D eigenvalue weighted by atomic mass is 19.1. The van der Waals surface area contributed by atoms with Crippen LogP contribution in [0.2, 0.25) is 0 Å². The first kappa shape index (κ1) is 18.9. The minimum atomic E-state index is -0.224. The van der Waals surface area contributed by atoms with Gasteiger partial charge in [-0.2, -0.15) is 0 Å². The number of furan rings is 1. The molecule has 0 N–H and O–H groups in total. The average molecular weight is 405 g/mol. The second-order valence-corrected chi connectivity index (χ2v) is 7.70. The zero-order valence-electron chi connectivity index (χ0n) is 17.0. The Kier molecular flexibility index (Phi) is 5.01. The molecule has 5 rings (SSSR count). The maximum atomic E-state index is 13.6. The number of methoxy groups -OCH3 is 1. The largest absolute Gasteiger partial charge is 0.497 e. The van der Waals surface area contributed by atoms with Crippen molar-refractivity contribution in [2.45, 2.75) is 6.42 Å². The summed E-state index contributed by atoms with van der Waals surface area (Å²) in [5.41, 5.74) is 3.95. The second-order valence-electron chi connectivity index (χ2n) is 7.70. The van der Waals surface area contributed by atoms with E-state index in [1.54, 1.807) is 25.5 Å². The monoisotopic (exact) mass is 405 g/mol. The Balaban J connectivity index is 1.27. The Morgan fingerprint density at radius 3 is 2.80 bits per heavy atom. The molecule has 0 amide bonds. The molecule has 0 saturated carbocycles. The zero-order chi connectivity index (χ0) is 20.5. The van der Waals surface area contributed by atoms with E-state index in [2.05, 4.69) is 26.9 Å². The molecule has 2 aromatic carbocycles. The molecule has 0 aliphatic carbocycles. The first-order valence-corrected chi connectivity index (χ1v) is 10.3. The highest BCUT2D eigenvalue weighted by Crippen LogP contribution is 2.31. The number of pyridine rings is 1. The van der Waals surface area contributed by atoms with Crippen molar-refractivity contribution in [1.82, 2.24) is 9.88 Å². The summed E-state index contributed by atoms with van der Waals surface area (Å²) in [6.07, 6.45) is 4.45. The highest BCUT2D eigenvalue weighted by Gasteiger charge is 2.20. The van der Waals surface area contributed by atoms with Crippen LogP contribution < -0.4 is 9.64 Å². The summed E-state index contributed by atoms with van der Waals surface area (Å²) >= 11 is 0. The number of hydrogen-bond acceptors (Lipinski definition) is 5. The zero-order valence-corrected chi connectivity index (χ0v) is 17.0. The number of halogens is 1. The SMILES string of the molecule is COc1cc(N2CCN(CCc3coc4ccc(F)cc34)CC2)c2ncccc2c1. The lowest BCUT2D eigenvalue weighted by molar-refractivity contribution is 0.261. The van der Waals surface area contributed by atoms with E-state index < -0.39 is 0 Å². The summed E-state index contributed by atoms with van der Waals surface area (Å²) in [4.78, 5) is 9.44. The van der Waals surface area contributed by atoms with Crippen LogP contribution in [0.25, 0.3) is 21.9 Å². The van der Waals surface area contributed by atoms with Crippen LogP contribution in [0.3, 0.4) is 0 Å². The van der Waals surface area contributed by atoms with Crippen molar-refractivity contribution in [3.8, 4) is 5.75 Å². The number of nitrogens with zero attached hydrogens (tertiary/aromatic N) is 3. The molecule has 0 spiro atoms. The van der Waals surface area contributed by atoms with Gasteiger partial charge < -0.3 is 14.1 Å². The molecule has 6 heteroatoms. The van der Waals surface area contributed by atoms with Crippen LogP contribution in [0.1, 0.15) is 5.56 Å². The molecule has 0 atom stereocenters. The van der Waals surface area contributed by atoms with Gasteiger partial charge in [-0.3, -0.25) is 9.88 Å². The summed E-state index contributed by atoms with van der Waals surface area (Å²) in [5, 5.41) is 1.97. The van der Waals surface area contributed by atoms with E-state index in [1.165, 1.54) is 6.07 Å². The van der Waals surface area contributed by atoms with Gasteiger partial charge >= 0.3 is 0 Å². The predicted molar refractivity (Wildman–Crippen MR) is 117 cm³/mol. The van der Waals surface area contributed by atoms with Crippen LogP contribution in [0.15, 0.2) is 59.3 Å². The van der Waals surface area contributed by atoms with Crippen molar-refractivity contribution in [3.05, 3.63) is 66.3 Å². The minimum absolute atomic E-state index is 0.224. The molecular weight excluding hydrogens is 381 g/mol. The van der Waals surface area contributed by atoms with Gasteiger partial charge in [-0.1, -0.05) is 6.07 Å². The molecule has 1 aliphatic rings. The fourth-order valence-corrected chi connectivity index (χ4v) is 4.24. The van der Waals surface area contributed by atoms with E-state index >= 15 is 0 Å². The minimum Gasteiger partial charge on any atom is -0.497 e. The maximum absolute atomic E-state index is 13.6. The standard InChI is InChI=1S/C24H24FN3O2/c1-29-20-13-17-3-2-7-26-24(17)22(15-20)28-11-9-27(10-12-28)8-6-18-16-30-23-5-4-19(25)14-21(18)23/h2-5,7,13-16H,6,8-12H2,1H3. The number of piperazine rings is 1. The summed E-state index contributed by atoms with van der Waals surface area (Å²) in [6.45, 7) is 4.72. The van der Waals surface area contributed by atoms with Gasteiger partial charge in [0.15, 0.2) is 0 Å². The Morgan fingerprint density at radius 1 is 1.10 bits per heavy atom. The fraction of sp³-hybridized carbons (Fsp3) is 0.292. The average Bonchev–Trinajstić information content (AvgIpc) is 3.19. The summed E-state index contributed by atoms with van der Waals surface area (Å²) in [6, 6.07) is 12.8. The maximum Gasteiger partial charge on any atom is 0.134 e. The first-order chi connectivity index (χ1) is 14.7. The lowest BCUT2D eigenvalue weighted by Gasteiger charge is -2.36. The quantitative estimate of drug-likeness (QED) is 0.489. The summed E-state index contributed by atoms with van der Waals surface area (Å²) < 4.78 is 24.7. The Bertz CT molecular complexity index is 1180. The van der Waals surface area contributed by atoms with E-state index in [1.807, 2.05) is 18.3 Å². The molecule has 5 nitrogen and oxygen atoms in total. The van der Waals surface area contributed by atoms with Crippen LogP contribution in [0.5, 0.6) is 5.75 Å². The molecule has 4 aromatic rings. The number of anilines is 1. The Morgan fingerprint density at radius 2 is 1.97 bits per heavy atom. The molecule has 30 heavy (non-hydrogen) atoms. The number of rotatable bonds is 5. The fourth-order valence-electron chi connectivity index (χ4n) is 4.24. The van der Waals surface area contributed by atoms with Crippen LogP contribution in [-0.4, -0.2) is 49.7 Å². The van der Waals surface area contributed by atoms with E-state index in [4.69, 9.17) is 9.15 Å².